The zero-order valence-corrected chi connectivity index (χ0v) is 13.9. The summed E-state index contributed by atoms with van der Waals surface area (Å²) in [6.07, 6.45) is 3.42. The van der Waals surface area contributed by atoms with E-state index in [-0.39, 0.29) is 5.91 Å². The van der Waals surface area contributed by atoms with Gasteiger partial charge < -0.3 is 16.0 Å². The quantitative estimate of drug-likeness (QED) is 0.772. The number of carbonyl (C=O) groups is 1. The molecule has 1 unspecified atom stereocenters. The van der Waals surface area contributed by atoms with E-state index < -0.39 is 0 Å². The number of anilines is 2. The molecule has 4 nitrogen and oxygen atoms in total. The molecule has 0 spiro atoms. The molecule has 3 N–H and O–H groups in total. The van der Waals surface area contributed by atoms with Gasteiger partial charge in [0.25, 0.3) is 0 Å². The maximum absolute atomic E-state index is 12.1. The Kier molecular flexibility index (Phi) is 7.54. The van der Waals surface area contributed by atoms with Crippen LogP contribution in [0.2, 0.25) is 5.02 Å². The maximum Gasteiger partial charge on any atom is 0.224 e. The number of nitrogens with zero attached hydrogens (tertiary/aromatic N) is 1. The van der Waals surface area contributed by atoms with E-state index in [1.54, 1.807) is 6.07 Å². The molecule has 0 bridgehead atoms. The van der Waals surface area contributed by atoms with E-state index in [1.807, 2.05) is 31.1 Å². The van der Waals surface area contributed by atoms with Gasteiger partial charge in [0.15, 0.2) is 0 Å². The molecular weight excluding hydrogens is 286 g/mol. The third-order valence-electron chi connectivity index (χ3n) is 3.65. The molecule has 1 aromatic rings. The number of nitrogens with one attached hydrogen (secondary N) is 1. The number of hydrogen-bond donors (Lipinski definition) is 2. The van der Waals surface area contributed by atoms with Crippen LogP contribution in [0.5, 0.6) is 0 Å². The average Bonchev–Trinajstić information content (AvgIpc) is 2.43. The number of benzene rings is 1. The third-order valence-corrected chi connectivity index (χ3v) is 3.88. The molecule has 1 rings (SSSR count). The number of halogens is 1. The first-order chi connectivity index (χ1) is 9.97. The highest BCUT2D eigenvalue weighted by atomic mass is 35.5. The van der Waals surface area contributed by atoms with E-state index in [4.69, 9.17) is 17.3 Å². The molecule has 0 aromatic heterocycles. The lowest BCUT2D eigenvalue weighted by atomic mass is 9.96. The molecule has 1 amide bonds. The first-order valence-electron chi connectivity index (χ1n) is 7.44. The van der Waals surface area contributed by atoms with Crippen LogP contribution in [0.15, 0.2) is 18.2 Å². The van der Waals surface area contributed by atoms with Crippen molar-refractivity contribution in [2.45, 2.75) is 32.6 Å². The Morgan fingerprint density at radius 3 is 2.67 bits per heavy atom. The van der Waals surface area contributed by atoms with Gasteiger partial charge in [0.2, 0.25) is 5.91 Å². The highest BCUT2D eigenvalue weighted by Crippen LogP contribution is 2.28. The Hall–Kier alpha value is -1.26. The average molecular weight is 312 g/mol. The van der Waals surface area contributed by atoms with Gasteiger partial charge >= 0.3 is 0 Å². The van der Waals surface area contributed by atoms with Crippen molar-refractivity contribution in [1.82, 2.24) is 0 Å². The van der Waals surface area contributed by atoms with Crippen molar-refractivity contribution in [3.8, 4) is 0 Å². The van der Waals surface area contributed by atoms with Gasteiger partial charge in [-0.2, -0.15) is 0 Å². The first kappa shape index (κ1) is 17.8. The monoisotopic (exact) mass is 311 g/mol. The predicted molar refractivity (Wildman–Crippen MR) is 91.1 cm³/mol. The second kappa shape index (κ2) is 8.90. The molecule has 0 saturated carbocycles. The van der Waals surface area contributed by atoms with Crippen LogP contribution in [0.25, 0.3) is 0 Å². The Bertz CT molecular complexity index is 463. The van der Waals surface area contributed by atoms with Crippen molar-refractivity contribution in [1.29, 1.82) is 0 Å². The molecule has 21 heavy (non-hydrogen) atoms. The zero-order chi connectivity index (χ0) is 15.8. The van der Waals surface area contributed by atoms with Crippen LogP contribution in [0.1, 0.15) is 32.6 Å². The minimum absolute atomic E-state index is 0.0239. The van der Waals surface area contributed by atoms with Crippen molar-refractivity contribution in [2.75, 3.05) is 30.9 Å². The molecule has 0 radical (unpaired) electrons. The molecule has 1 aromatic carbocycles. The van der Waals surface area contributed by atoms with Crippen molar-refractivity contribution in [3.63, 3.8) is 0 Å². The summed E-state index contributed by atoms with van der Waals surface area (Å²) >= 11 is 6.01. The van der Waals surface area contributed by atoms with Crippen LogP contribution in [-0.2, 0) is 4.79 Å². The van der Waals surface area contributed by atoms with Gasteiger partial charge in [0.1, 0.15) is 0 Å². The van der Waals surface area contributed by atoms with Crippen molar-refractivity contribution in [3.05, 3.63) is 23.2 Å². The molecule has 0 aliphatic carbocycles. The van der Waals surface area contributed by atoms with E-state index in [9.17, 15) is 4.79 Å². The van der Waals surface area contributed by atoms with Crippen LogP contribution < -0.4 is 16.0 Å². The van der Waals surface area contributed by atoms with E-state index in [0.29, 0.717) is 23.9 Å². The summed E-state index contributed by atoms with van der Waals surface area (Å²) in [6.45, 7) is 2.82. The van der Waals surface area contributed by atoms with Gasteiger partial charge in [0.05, 0.1) is 11.4 Å². The lowest BCUT2D eigenvalue weighted by molar-refractivity contribution is -0.116. The third kappa shape index (κ3) is 5.94. The summed E-state index contributed by atoms with van der Waals surface area (Å²) in [5, 5.41) is 3.57. The SMILES string of the molecule is CCC(CCN)CCC(=O)Nc1cc(Cl)ccc1N(C)C. The smallest absolute Gasteiger partial charge is 0.224 e. The molecule has 0 aliphatic rings. The fraction of sp³-hybridized carbons (Fsp3) is 0.562. The second-order valence-electron chi connectivity index (χ2n) is 5.49. The van der Waals surface area contributed by atoms with Gasteiger partial charge in [-0.1, -0.05) is 24.9 Å². The summed E-state index contributed by atoms with van der Waals surface area (Å²) in [7, 11) is 3.88. The predicted octanol–water partition coefficient (Wildman–Crippen LogP) is 3.50. The summed E-state index contributed by atoms with van der Waals surface area (Å²) in [5.41, 5.74) is 7.28. The Labute approximate surface area is 132 Å². The molecule has 0 fully saturated rings. The molecule has 5 heteroatoms. The molecule has 0 saturated heterocycles. The van der Waals surface area contributed by atoms with Gasteiger partial charge in [-0.25, -0.2) is 0 Å². The molecule has 0 aliphatic heterocycles. The maximum atomic E-state index is 12.1. The summed E-state index contributed by atoms with van der Waals surface area (Å²) < 4.78 is 0. The van der Waals surface area contributed by atoms with Gasteiger partial charge in [-0.3, -0.25) is 4.79 Å². The van der Waals surface area contributed by atoms with E-state index >= 15 is 0 Å². The van der Waals surface area contributed by atoms with Crippen molar-refractivity contribution >= 4 is 28.9 Å². The standard InChI is InChI=1S/C16H26ClN3O/c1-4-12(9-10-18)5-8-16(21)19-14-11-13(17)6-7-15(14)20(2)3/h6-7,11-12H,4-5,8-10,18H2,1-3H3,(H,19,21). The topological polar surface area (TPSA) is 58.4 Å². The van der Waals surface area contributed by atoms with Crippen LogP contribution >= 0.6 is 11.6 Å². The fourth-order valence-electron chi connectivity index (χ4n) is 2.33. The van der Waals surface area contributed by atoms with Crippen LogP contribution in [0.3, 0.4) is 0 Å². The lowest BCUT2D eigenvalue weighted by Gasteiger charge is -2.19. The fourth-order valence-corrected chi connectivity index (χ4v) is 2.51. The minimum atomic E-state index is 0.0239. The largest absolute Gasteiger partial charge is 0.376 e. The van der Waals surface area contributed by atoms with Gasteiger partial charge in [-0.05, 0) is 43.5 Å². The van der Waals surface area contributed by atoms with Crippen molar-refractivity contribution < 1.29 is 4.79 Å². The first-order valence-corrected chi connectivity index (χ1v) is 7.82. The number of carbonyl (C=O) groups excluding carboxylic acids is 1. The number of amides is 1. The van der Waals surface area contributed by atoms with Crippen LogP contribution in [0, 0.1) is 5.92 Å². The summed E-state index contributed by atoms with van der Waals surface area (Å²) in [6, 6.07) is 5.51. The molecule has 0 heterocycles. The van der Waals surface area contributed by atoms with Crippen LogP contribution in [0.4, 0.5) is 11.4 Å². The highest BCUT2D eigenvalue weighted by Gasteiger charge is 2.12. The second-order valence-corrected chi connectivity index (χ2v) is 5.93. The van der Waals surface area contributed by atoms with E-state index in [2.05, 4.69) is 12.2 Å². The number of rotatable bonds is 8. The number of nitrogens with two attached hydrogens (primary N) is 1. The Balaban J connectivity index is 2.64. The van der Waals surface area contributed by atoms with Gasteiger partial charge in [-0.15, -0.1) is 0 Å². The molecular formula is C16H26ClN3O. The van der Waals surface area contributed by atoms with Gasteiger partial charge in [0, 0.05) is 25.5 Å². The minimum Gasteiger partial charge on any atom is -0.376 e. The molecule has 118 valence electrons. The normalized spacial score (nSPS) is 12.0. The van der Waals surface area contributed by atoms with E-state index in [0.717, 1.165) is 30.6 Å². The molecule has 1 atom stereocenters. The Morgan fingerprint density at radius 1 is 1.38 bits per heavy atom. The van der Waals surface area contributed by atoms with E-state index in [1.165, 1.54) is 0 Å². The highest BCUT2D eigenvalue weighted by molar-refractivity contribution is 6.31. The summed E-state index contributed by atoms with van der Waals surface area (Å²) in [5.74, 6) is 0.546. The Morgan fingerprint density at radius 2 is 2.10 bits per heavy atom. The van der Waals surface area contributed by atoms with Crippen LogP contribution in [-0.4, -0.2) is 26.5 Å². The number of hydrogen-bond acceptors (Lipinski definition) is 3. The lowest BCUT2D eigenvalue weighted by Crippen LogP contribution is -2.18. The zero-order valence-electron chi connectivity index (χ0n) is 13.2. The van der Waals surface area contributed by atoms with Crippen molar-refractivity contribution in [2.24, 2.45) is 11.7 Å². The summed E-state index contributed by atoms with van der Waals surface area (Å²) in [4.78, 5) is 14.1.